The third kappa shape index (κ3) is 2.68. The van der Waals surface area contributed by atoms with Crippen molar-refractivity contribution >= 4 is 6.29 Å². The van der Waals surface area contributed by atoms with Crippen LogP contribution in [0.5, 0.6) is 0 Å². The van der Waals surface area contributed by atoms with E-state index >= 15 is 0 Å². The molecule has 1 aliphatic carbocycles. The second-order valence-corrected chi connectivity index (χ2v) is 4.38. The Balaban J connectivity index is 2.04. The van der Waals surface area contributed by atoms with Gasteiger partial charge in [-0.1, -0.05) is 0 Å². The molecule has 17 heavy (non-hydrogen) atoms. The first-order valence-electron chi connectivity index (χ1n) is 5.58. The van der Waals surface area contributed by atoms with Crippen LogP contribution in [0, 0.1) is 5.92 Å². The SMILES string of the molecule is O=CC1CCC(n2ccc(C(F)(F)F)n2)CC1. The van der Waals surface area contributed by atoms with Crippen molar-refractivity contribution in [3.8, 4) is 0 Å². The van der Waals surface area contributed by atoms with Gasteiger partial charge in [-0.05, 0) is 31.7 Å². The van der Waals surface area contributed by atoms with Gasteiger partial charge in [0.1, 0.15) is 6.29 Å². The van der Waals surface area contributed by atoms with Gasteiger partial charge in [-0.2, -0.15) is 18.3 Å². The molecule has 0 radical (unpaired) electrons. The van der Waals surface area contributed by atoms with Gasteiger partial charge in [-0.25, -0.2) is 0 Å². The van der Waals surface area contributed by atoms with Crippen molar-refractivity contribution < 1.29 is 18.0 Å². The number of rotatable bonds is 2. The molecule has 1 heterocycles. The topological polar surface area (TPSA) is 34.9 Å². The second kappa shape index (κ2) is 4.50. The van der Waals surface area contributed by atoms with Crippen molar-refractivity contribution in [2.24, 2.45) is 5.92 Å². The number of hydrogen-bond acceptors (Lipinski definition) is 2. The molecule has 2 rings (SSSR count). The number of halogens is 3. The predicted octanol–water partition coefficient (Wildman–Crippen LogP) is 2.83. The van der Waals surface area contributed by atoms with E-state index in [1.165, 1.54) is 10.9 Å². The highest BCUT2D eigenvalue weighted by Crippen LogP contribution is 2.33. The van der Waals surface area contributed by atoms with Gasteiger partial charge < -0.3 is 4.79 Å². The quantitative estimate of drug-likeness (QED) is 0.752. The van der Waals surface area contributed by atoms with Crippen LogP contribution in [-0.2, 0) is 11.0 Å². The molecule has 3 nitrogen and oxygen atoms in total. The molecule has 1 fully saturated rings. The van der Waals surface area contributed by atoms with Gasteiger partial charge in [0.2, 0.25) is 0 Å². The number of aromatic nitrogens is 2. The first-order valence-corrected chi connectivity index (χ1v) is 5.58. The first-order chi connectivity index (χ1) is 8.00. The highest BCUT2D eigenvalue weighted by atomic mass is 19.4. The molecule has 1 aromatic rings. The molecule has 1 saturated carbocycles. The van der Waals surface area contributed by atoms with Crippen molar-refractivity contribution in [1.29, 1.82) is 0 Å². The minimum Gasteiger partial charge on any atom is -0.303 e. The molecule has 0 spiro atoms. The zero-order chi connectivity index (χ0) is 12.5. The summed E-state index contributed by atoms with van der Waals surface area (Å²) < 4.78 is 38.5. The average molecular weight is 246 g/mol. The van der Waals surface area contributed by atoms with Crippen LogP contribution in [0.2, 0.25) is 0 Å². The second-order valence-electron chi connectivity index (χ2n) is 4.38. The number of alkyl halides is 3. The third-order valence-electron chi connectivity index (χ3n) is 3.21. The Labute approximate surface area is 96.6 Å². The van der Waals surface area contributed by atoms with E-state index < -0.39 is 11.9 Å². The summed E-state index contributed by atoms with van der Waals surface area (Å²) in [6, 6.07) is 0.980. The first kappa shape index (κ1) is 12.1. The van der Waals surface area contributed by atoms with Crippen LogP contribution in [-0.4, -0.2) is 16.1 Å². The zero-order valence-corrected chi connectivity index (χ0v) is 9.15. The lowest BCUT2D eigenvalue weighted by molar-refractivity contribution is -0.141. The summed E-state index contributed by atoms with van der Waals surface area (Å²) in [5.41, 5.74) is -0.852. The Morgan fingerprint density at radius 3 is 2.41 bits per heavy atom. The Kier molecular flexibility index (Phi) is 3.22. The fourth-order valence-electron chi connectivity index (χ4n) is 2.19. The van der Waals surface area contributed by atoms with E-state index in [-0.39, 0.29) is 12.0 Å². The molecule has 0 atom stereocenters. The smallest absolute Gasteiger partial charge is 0.303 e. The van der Waals surface area contributed by atoms with E-state index in [9.17, 15) is 18.0 Å². The number of carbonyl (C=O) groups excluding carboxylic acids is 1. The van der Waals surface area contributed by atoms with Crippen molar-refractivity contribution in [3.05, 3.63) is 18.0 Å². The van der Waals surface area contributed by atoms with E-state index in [1.54, 1.807) is 0 Å². The molecule has 0 amide bonds. The summed E-state index contributed by atoms with van der Waals surface area (Å²) in [7, 11) is 0. The van der Waals surface area contributed by atoms with E-state index in [1.807, 2.05) is 0 Å². The Bertz CT molecular complexity index is 392. The van der Waals surface area contributed by atoms with Crippen molar-refractivity contribution in [2.45, 2.75) is 37.9 Å². The van der Waals surface area contributed by atoms with Crippen LogP contribution >= 0.6 is 0 Å². The average Bonchev–Trinajstić information content (AvgIpc) is 2.78. The number of nitrogens with zero attached hydrogens (tertiary/aromatic N) is 2. The lowest BCUT2D eigenvalue weighted by Gasteiger charge is -2.25. The summed E-state index contributed by atoms with van der Waals surface area (Å²) in [5.74, 6) is 0.0592. The summed E-state index contributed by atoms with van der Waals surface area (Å²) in [6.07, 6.45) is 0.802. The molecule has 0 unspecified atom stereocenters. The van der Waals surface area contributed by atoms with Crippen LogP contribution < -0.4 is 0 Å². The van der Waals surface area contributed by atoms with E-state index in [4.69, 9.17) is 0 Å². The standard InChI is InChI=1S/C11H13F3N2O/c12-11(13,14)10-5-6-16(15-10)9-3-1-8(7-17)2-4-9/h5-9H,1-4H2. The predicted molar refractivity (Wildman–Crippen MR) is 54.3 cm³/mol. The lowest BCUT2D eigenvalue weighted by atomic mass is 9.87. The maximum atomic E-state index is 12.4. The van der Waals surface area contributed by atoms with Crippen LogP contribution in [0.15, 0.2) is 12.3 Å². The van der Waals surface area contributed by atoms with Crippen LogP contribution in [0.1, 0.15) is 37.4 Å². The molecule has 0 bridgehead atoms. The molecular weight excluding hydrogens is 233 g/mol. The highest BCUT2D eigenvalue weighted by molar-refractivity contribution is 5.53. The Morgan fingerprint density at radius 2 is 1.94 bits per heavy atom. The lowest BCUT2D eigenvalue weighted by Crippen LogP contribution is -2.20. The summed E-state index contributed by atoms with van der Waals surface area (Å²) >= 11 is 0. The van der Waals surface area contributed by atoms with E-state index in [2.05, 4.69) is 5.10 Å². The highest BCUT2D eigenvalue weighted by Gasteiger charge is 2.34. The van der Waals surface area contributed by atoms with Gasteiger partial charge >= 0.3 is 6.18 Å². The van der Waals surface area contributed by atoms with Gasteiger partial charge in [0.25, 0.3) is 0 Å². The fraction of sp³-hybridized carbons (Fsp3) is 0.636. The summed E-state index contributed by atoms with van der Waals surface area (Å²) in [4.78, 5) is 10.6. The van der Waals surface area contributed by atoms with Gasteiger partial charge in [-0.15, -0.1) is 0 Å². The number of hydrogen-bond donors (Lipinski definition) is 0. The molecule has 0 saturated heterocycles. The summed E-state index contributed by atoms with van der Waals surface area (Å²) in [6.45, 7) is 0. The molecular formula is C11H13F3N2O. The van der Waals surface area contributed by atoms with E-state index in [0.717, 1.165) is 25.2 Å². The molecule has 1 aliphatic rings. The number of aldehydes is 1. The zero-order valence-electron chi connectivity index (χ0n) is 9.15. The van der Waals surface area contributed by atoms with E-state index in [0.29, 0.717) is 12.8 Å². The molecule has 0 aliphatic heterocycles. The monoisotopic (exact) mass is 246 g/mol. The minimum absolute atomic E-state index is 0.0118. The third-order valence-corrected chi connectivity index (χ3v) is 3.21. The largest absolute Gasteiger partial charge is 0.435 e. The van der Waals surface area contributed by atoms with Gasteiger partial charge in [0, 0.05) is 12.1 Å². The molecule has 6 heteroatoms. The van der Waals surface area contributed by atoms with Gasteiger partial charge in [-0.3, -0.25) is 4.68 Å². The maximum absolute atomic E-state index is 12.4. The van der Waals surface area contributed by atoms with Gasteiger partial charge in [0.05, 0.1) is 6.04 Å². The van der Waals surface area contributed by atoms with Crippen molar-refractivity contribution in [2.75, 3.05) is 0 Å². The minimum atomic E-state index is -4.38. The molecule has 0 N–H and O–H groups in total. The molecule has 0 aromatic carbocycles. The Hall–Kier alpha value is -1.33. The summed E-state index contributed by atoms with van der Waals surface area (Å²) in [5, 5.41) is 3.56. The van der Waals surface area contributed by atoms with Gasteiger partial charge in [0.15, 0.2) is 5.69 Å². The maximum Gasteiger partial charge on any atom is 0.435 e. The molecule has 1 aromatic heterocycles. The molecule has 94 valence electrons. The van der Waals surface area contributed by atoms with Crippen LogP contribution in [0.25, 0.3) is 0 Å². The number of carbonyl (C=O) groups is 1. The normalized spacial score (nSPS) is 25.8. The van der Waals surface area contributed by atoms with Crippen LogP contribution in [0.4, 0.5) is 13.2 Å². The Morgan fingerprint density at radius 1 is 1.29 bits per heavy atom. The van der Waals surface area contributed by atoms with Crippen molar-refractivity contribution in [3.63, 3.8) is 0 Å². The fourth-order valence-corrected chi connectivity index (χ4v) is 2.19. The van der Waals surface area contributed by atoms with Crippen molar-refractivity contribution in [1.82, 2.24) is 9.78 Å². The van der Waals surface area contributed by atoms with Crippen LogP contribution in [0.3, 0.4) is 0 Å².